The zero-order valence-electron chi connectivity index (χ0n) is 13.8. The minimum atomic E-state index is -0.397. The third kappa shape index (κ3) is 5.86. The molecule has 0 aliphatic carbocycles. The molecule has 0 spiro atoms. The molecular formula is C17H28N2O2. The Morgan fingerprint density at radius 3 is 2.24 bits per heavy atom. The van der Waals surface area contributed by atoms with Crippen molar-refractivity contribution in [2.45, 2.75) is 32.7 Å². The number of benzene rings is 1. The Morgan fingerprint density at radius 1 is 1.19 bits per heavy atom. The maximum Gasteiger partial charge on any atom is 0.327 e. The number of carbonyl (C=O) groups excluding carboxylic acids is 1. The number of hydrogen-bond donors (Lipinski definition) is 1. The van der Waals surface area contributed by atoms with E-state index in [1.54, 1.807) is 0 Å². The molecule has 0 saturated carbocycles. The van der Waals surface area contributed by atoms with E-state index in [2.05, 4.69) is 36.2 Å². The SMILES string of the molecule is CCOC(=O)C(NCCN(C)C)c1ccc(C(C)C)cc1. The van der Waals surface area contributed by atoms with Gasteiger partial charge in [-0.05, 0) is 38.1 Å². The van der Waals surface area contributed by atoms with E-state index in [0.29, 0.717) is 12.5 Å². The van der Waals surface area contributed by atoms with E-state index in [-0.39, 0.29) is 5.97 Å². The van der Waals surface area contributed by atoms with Gasteiger partial charge in [0.2, 0.25) is 0 Å². The molecule has 1 unspecified atom stereocenters. The van der Waals surface area contributed by atoms with Gasteiger partial charge in [-0.1, -0.05) is 38.1 Å². The van der Waals surface area contributed by atoms with E-state index in [4.69, 9.17) is 4.74 Å². The van der Waals surface area contributed by atoms with Crippen molar-refractivity contribution in [3.63, 3.8) is 0 Å². The van der Waals surface area contributed by atoms with E-state index in [9.17, 15) is 4.79 Å². The lowest BCUT2D eigenvalue weighted by molar-refractivity contribution is -0.145. The van der Waals surface area contributed by atoms with E-state index < -0.39 is 6.04 Å². The molecule has 1 aromatic rings. The molecule has 0 saturated heterocycles. The highest BCUT2D eigenvalue weighted by atomic mass is 16.5. The van der Waals surface area contributed by atoms with Gasteiger partial charge in [-0.25, -0.2) is 4.79 Å². The molecule has 0 fully saturated rings. The highest BCUT2D eigenvalue weighted by Gasteiger charge is 2.21. The molecule has 0 aromatic heterocycles. The van der Waals surface area contributed by atoms with Crippen LogP contribution >= 0.6 is 0 Å². The van der Waals surface area contributed by atoms with Gasteiger partial charge in [0.05, 0.1) is 6.61 Å². The number of nitrogens with zero attached hydrogens (tertiary/aromatic N) is 1. The summed E-state index contributed by atoms with van der Waals surface area (Å²) < 4.78 is 5.18. The maximum atomic E-state index is 12.1. The van der Waals surface area contributed by atoms with Crippen molar-refractivity contribution in [1.82, 2.24) is 10.2 Å². The van der Waals surface area contributed by atoms with Gasteiger partial charge < -0.3 is 9.64 Å². The topological polar surface area (TPSA) is 41.6 Å². The fourth-order valence-electron chi connectivity index (χ4n) is 2.07. The summed E-state index contributed by atoms with van der Waals surface area (Å²) in [6.45, 7) is 8.16. The van der Waals surface area contributed by atoms with Crippen molar-refractivity contribution in [2.24, 2.45) is 0 Å². The quantitative estimate of drug-likeness (QED) is 0.748. The predicted octanol–water partition coefficient (Wildman–Crippen LogP) is 2.57. The summed E-state index contributed by atoms with van der Waals surface area (Å²) in [5, 5.41) is 3.28. The molecular weight excluding hydrogens is 264 g/mol. The zero-order valence-corrected chi connectivity index (χ0v) is 13.8. The monoisotopic (exact) mass is 292 g/mol. The third-order valence-corrected chi connectivity index (χ3v) is 3.37. The number of likely N-dealkylation sites (N-methyl/N-ethyl adjacent to an activating group) is 1. The lowest BCUT2D eigenvalue weighted by Gasteiger charge is -2.19. The van der Waals surface area contributed by atoms with E-state index in [1.807, 2.05) is 33.2 Å². The number of nitrogens with one attached hydrogen (secondary N) is 1. The normalized spacial score (nSPS) is 12.7. The van der Waals surface area contributed by atoms with Crippen LogP contribution in [0.5, 0.6) is 0 Å². The van der Waals surface area contributed by atoms with Crippen LogP contribution in [0, 0.1) is 0 Å². The minimum Gasteiger partial charge on any atom is -0.465 e. The second-order valence-electron chi connectivity index (χ2n) is 5.76. The van der Waals surface area contributed by atoms with Crippen LogP contribution in [0.15, 0.2) is 24.3 Å². The van der Waals surface area contributed by atoms with Gasteiger partial charge in [-0.2, -0.15) is 0 Å². The Bertz CT molecular complexity index is 427. The summed E-state index contributed by atoms with van der Waals surface area (Å²) in [6.07, 6.45) is 0. The summed E-state index contributed by atoms with van der Waals surface area (Å²) in [7, 11) is 4.02. The standard InChI is InChI=1S/C17H28N2O2/c1-6-21-17(20)16(18-11-12-19(4)5)15-9-7-14(8-10-15)13(2)3/h7-10,13,16,18H,6,11-12H2,1-5H3. The van der Waals surface area contributed by atoms with Crippen molar-refractivity contribution < 1.29 is 9.53 Å². The Balaban J connectivity index is 2.81. The molecule has 0 bridgehead atoms. The lowest BCUT2D eigenvalue weighted by atomic mass is 9.99. The first kappa shape index (κ1) is 17.7. The lowest BCUT2D eigenvalue weighted by Crippen LogP contribution is -2.35. The van der Waals surface area contributed by atoms with Crippen LogP contribution in [0.1, 0.15) is 43.9 Å². The predicted molar refractivity (Wildman–Crippen MR) is 86.5 cm³/mol. The van der Waals surface area contributed by atoms with Crippen LogP contribution in [-0.2, 0) is 9.53 Å². The summed E-state index contributed by atoms with van der Waals surface area (Å²) >= 11 is 0. The van der Waals surface area contributed by atoms with Crippen LogP contribution in [0.2, 0.25) is 0 Å². The molecule has 0 heterocycles. The molecule has 1 aromatic carbocycles. The van der Waals surface area contributed by atoms with Crippen LogP contribution < -0.4 is 5.32 Å². The summed E-state index contributed by atoms with van der Waals surface area (Å²) in [5.41, 5.74) is 2.23. The van der Waals surface area contributed by atoms with Crippen molar-refractivity contribution in [3.8, 4) is 0 Å². The molecule has 0 aliphatic rings. The number of rotatable bonds is 8. The van der Waals surface area contributed by atoms with Gasteiger partial charge >= 0.3 is 5.97 Å². The largest absolute Gasteiger partial charge is 0.465 e. The maximum absolute atomic E-state index is 12.1. The van der Waals surface area contributed by atoms with Gasteiger partial charge in [0.1, 0.15) is 6.04 Å². The van der Waals surface area contributed by atoms with Crippen LogP contribution in [-0.4, -0.2) is 44.7 Å². The summed E-state index contributed by atoms with van der Waals surface area (Å²) in [5.74, 6) is 0.273. The van der Waals surface area contributed by atoms with Crippen molar-refractivity contribution in [3.05, 3.63) is 35.4 Å². The number of hydrogen-bond acceptors (Lipinski definition) is 4. The van der Waals surface area contributed by atoms with Gasteiger partial charge in [-0.15, -0.1) is 0 Å². The number of carbonyl (C=O) groups is 1. The average molecular weight is 292 g/mol. The number of esters is 1. The molecule has 1 N–H and O–H groups in total. The molecule has 4 nitrogen and oxygen atoms in total. The minimum absolute atomic E-state index is 0.214. The molecule has 4 heteroatoms. The highest BCUT2D eigenvalue weighted by molar-refractivity contribution is 5.77. The Kier molecular flexibility index (Phi) is 7.40. The van der Waals surface area contributed by atoms with Crippen LogP contribution in [0.3, 0.4) is 0 Å². The van der Waals surface area contributed by atoms with Gasteiger partial charge in [-0.3, -0.25) is 5.32 Å². The van der Waals surface area contributed by atoms with Gasteiger partial charge in [0, 0.05) is 13.1 Å². The Labute approximate surface area is 128 Å². The molecule has 21 heavy (non-hydrogen) atoms. The molecule has 118 valence electrons. The van der Waals surface area contributed by atoms with Crippen molar-refractivity contribution >= 4 is 5.97 Å². The molecule has 1 atom stereocenters. The first-order valence-corrected chi connectivity index (χ1v) is 7.60. The van der Waals surface area contributed by atoms with Crippen LogP contribution in [0.25, 0.3) is 0 Å². The second kappa shape index (κ2) is 8.80. The molecule has 0 radical (unpaired) electrons. The van der Waals surface area contributed by atoms with Crippen LogP contribution in [0.4, 0.5) is 0 Å². The molecule has 0 aliphatic heterocycles. The first-order valence-electron chi connectivity index (χ1n) is 7.60. The highest BCUT2D eigenvalue weighted by Crippen LogP contribution is 2.19. The first-order chi connectivity index (χ1) is 9.95. The van der Waals surface area contributed by atoms with E-state index in [0.717, 1.165) is 18.7 Å². The van der Waals surface area contributed by atoms with Crippen molar-refractivity contribution in [1.29, 1.82) is 0 Å². The summed E-state index contributed by atoms with van der Waals surface area (Å²) in [4.78, 5) is 14.2. The average Bonchev–Trinajstić information content (AvgIpc) is 2.43. The second-order valence-corrected chi connectivity index (χ2v) is 5.76. The fourth-order valence-corrected chi connectivity index (χ4v) is 2.07. The molecule has 1 rings (SSSR count). The van der Waals surface area contributed by atoms with E-state index >= 15 is 0 Å². The van der Waals surface area contributed by atoms with Crippen molar-refractivity contribution in [2.75, 3.05) is 33.8 Å². The Hall–Kier alpha value is -1.39. The van der Waals surface area contributed by atoms with Gasteiger partial charge in [0.25, 0.3) is 0 Å². The third-order valence-electron chi connectivity index (χ3n) is 3.37. The van der Waals surface area contributed by atoms with Gasteiger partial charge in [0.15, 0.2) is 0 Å². The number of ether oxygens (including phenoxy) is 1. The summed E-state index contributed by atoms with van der Waals surface area (Å²) in [6, 6.07) is 7.80. The zero-order chi connectivity index (χ0) is 15.8. The van der Waals surface area contributed by atoms with E-state index in [1.165, 1.54) is 5.56 Å². The molecule has 0 amide bonds. The fraction of sp³-hybridized carbons (Fsp3) is 0.588. The Morgan fingerprint density at radius 2 is 1.76 bits per heavy atom. The smallest absolute Gasteiger partial charge is 0.327 e.